The Hall–Kier alpha value is -0.0400. The average molecular weight is 195 g/mol. The van der Waals surface area contributed by atoms with Gasteiger partial charge in [-0.15, -0.1) is 0 Å². The number of rotatable bonds is 2. The van der Waals surface area contributed by atoms with Crippen LogP contribution in [-0.4, -0.2) is 6.04 Å². The summed E-state index contributed by atoms with van der Waals surface area (Å²) in [6.45, 7) is 7.16. The van der Waals surface area contributed by atoms with E-state index in [2.05, 4.69) is 20.8 Å². The second-order valence-electron chi connectivity index (χ2n) is 6.36. The van der Waals surface area contributed by atoms with E-state index in [9.17, 15) is 0 Å². The van der Waals surface area contributed by atoms with Crippen molar-refractivity contribution in [3.05, 3.63) is 0 Å². The second-order valence-corrected chi connectivity index (χ2v) is 6.36. The van der Waals surface area contributed by atoms with Crippen LogP contribution in [0.3, 0.4) is 0 Å². The van der Waals surface area contributed by atoms with Crippen LogP contribution in [0.2, 0.25) is 0 Å². The summed E-state index contributed by atoms with van der Waals surface area (Å²) in [6.07, 6.45) is 6.91. The summed E-state index contributed by atoms with van der Waals surface area (Å²) < 4.78 is 0. The van der Waals surface area contributed by atoms with Gasteiger partial charge in [0.05, 0.1) is 0 Å². The van der Waals surface area contributed by atoms with E-state index in [0.717, 1.165) is 17.8 Å². The van der Waals surface area contributed by atoms with Gasteiger partial charge in [0, 0.05) is 6.04 Å². The fourth-order valence-corrected chi connectivity index (χ4v) is 3.40. The largest absolute Gasteiger partial charge is 0.327 e. The van der Waals surface area contributed by atoms with Crippen molar-refractivity contribution in [3.8, 4) is 0 Å². The lowest BCUT2D eigenvalue weighted by Gasteiger charge is -2.37. The van der Waals surface area contributed by atoms with E-state index < -0.39 is 0 Å². The molecule has 0 spiro atoms. The first kappa shape index (κ1) is 10.5. The molecule has 0 aromatic rings. The maximum absolute atomic E-state index is 6.41. The van der Waals surface area contributed by atoms with Crippen LogP contribution in [0.15, 0.2) is 0 Å². The monoisotopic (exact) mass is 195 g/mol. The Balaban J connectivity index is 1.96. The molecule has 2 fully saturated rings. The van der Waals surface area contributed by atoms with Gasteiger partial charge in [0.15, 0.2) is 0 Å². The van der Waals surface area contributed by atoms with Gasteiger partial charge < -0.3 is 5.73 Å². The molecule has 0 saturated heterocycles. The van der Waals surface area contributed by atoms with Crippen molar-refractivity contribution in [3.63, 3.8) is 0 Å². The van der Waals surface area contributed by atoms with Crippen LogP contribution in [0, 0.1) is 23.2 Å². The minimum Gasteiger partial charge on any atom is -0.327 e. The minimum atomic E-state index is 0.479. The molecular formula is C13H25N. The molecule has 2 aliphatic rings. The summed E-state index contributed by atoms with van der Waals surface area (Å²) in [7, 11) is 0. The summed E-state index contributed by atoms with van der Waals surface area (Å²) in [5.41, 5.74) is 6.93. The van der Waals surface area contributed by atoms with E-state index in [1.54, 1.807) is 0 Å². The van der Waals surface area contributed by atoms with Gasteiger partial charge in [0.25, 0.3) is 0 Å². The molecular weight excluding hydrogens is 170 g/mol. The normalized spacial score (nSPS) is 43.3. The third-order valence-corrected chi connectivity index (χ3v) is 4.57. The van der Waals surface area contributed by atoms with Gasteiger partial charge in [-0.25, -0.2) is 0 Å². The van der Waals surface area contributed by atoms with Crippen LogP contribution >= 0.6 is 0 Å². The van der Waals surface area contributed by atoms with Gasteiger partial charge in [-0.2, -0.15) is 0 Å². The standard InChI is InChI=1S/C13H25N/c1-9-6-10(2)8-11(7-9)12(14)13(3)4-5-13/h9-12H,4-8,14H2,1-3H3. The number of hydrogen-bond donors (Lipinski definition) is 1. The van der Waals surface area contributed by atoms with Crippen LogP contribution in [0.1, 0.15) is 52.9 Å². The SMILES string of the molecule is CC1CC(C)CC(C(N)C2(C)CC2)C1. The third kappa shape index (κ3) is 1.98. The maximum Gasteiger partial charge on any atom is 0.0122 e. The van der Waals surface area contributed by atoms with Crippen LogP contribution in [0.25, 0.3) is 0 Å². The first-order valence-corrected chi connectivity index (χ1v) is 6.27. The Labute approximate surface area is 88.4 Å². The van der Waals surface area contributed by atoms with Gasteiger partial charge in [0.1, 0.15) is 0 Å². The van der Waals surface area contributed by atoms with Gasteiger partial charge >= 0.3 is 0 Å². The minimum absolute atomic E-state index is 0.479. The molecule has 1 heteroatoms. The summed E-state index contributed by atoms with van der Waals surface area (Å²) >= 11 is 0. The number of nitrogens with two attached hydrogens (primary N) is 1. The molecule has 2 aliphatic carbocycles. The molecule has 0 aromatic carbocycles. The Morgan fingerprint density at radius 2 is 1.57 bits per heavy atom. The van der Waals surface area contributed by atoms with Crippen molar-refractivity contribution >= 4 is 0 Å². The lowest BCUT2D eigenvalue weighted by atomic mass is 9.71. The molecule has 0 aromatic heterocycles. The molecule has 14 heavy (non-hydrogen) atoms. The molecule has 2 saturated carbocycles. The highest BCUT2D eigenvalue weighted by molar-refractivity contribution is 5.01. The van der Waals surface area contributed by atoms with Crippen molar-refractivity contribution in [1.29, 1.82) is 0 Å². The molecule has 2 N–H and O–H groups in total. The summed E-state index contributed by atoms with van der Waals surface area (Å²) in [4.78, 5) is 0. The first-order valence-electron chi connectivity index (χ1n) is 6.27. The Morgan fingerprint density at radius 3 is 2.00 bits per heavy atom. The zero-order valence-electron chi connectivity index (χ0n) is 9.92. The van der Waals surface area contributed by atoms with Gasteiger partial charge in [0.2, 0.25) is 0 Å². The van der Waals surface area contributed by atoms with Gasteiger partial charge in [-0.3, -0.25) is 0 Å². The van der Waals surface area contributed by atoms with Gasteiger partial charge in [-0.05, 0) is 55.3 Å². The highest BCUT2D eigenvalue weighted by Crippen LogP contribution is 2.52. The zero-order chi connectivity index (χ0) is 10.3. The molecule has 0 bridgehead atoms. The molecule has 1 nitrogen and oxygen atoms in total. The Bertz CT molecular complexity index is 197. The predicted molar refractivity (Wildman–Crippen MR) is 61.0 cm³/mol. The fourth-order valence-electron chi connectivity index (χ4n) is 3.40. The van der Waals surface area contributed by atoms with E-state index >= 15 is 0 Å². The molecule has 0 heterocycles. The van der Waals surface area contributed by atoms with Crippen LogP contribution in [0.4, 0.5) is 0 Å². The maximum atomic E-state index is 6.41. The van der Waals surface area contributed by atoms with Crippen molar-refractivity contribution in [2.75, 3.05) is 0 Å². The third-order valence-electron chi connectivity index (χ3n) is 4.57. The number of hydrogen-bond acceptors (Lipinski definition) is 1. The van der Waals surface area contributed by atoms with E-state index in [0.29, 0.717) is 11.5 Å². The van der Waals surface area contributed by atoms with Crippen molar-refractivity contribution in [2.24, 2.45) is 28.9 Å². The average Bonchev–Trinajstić information content (AvgIpc) is 2.82. The highest BCUT2D eigenvalue weighted by Gasteiger charge is 2.46. The molecule has 2 rings (SSSR count). The topological polar surface area (TPSA) is 26.0 Å². The first-order chi connectivity index (χ1) is 6.51. The van der Waals surface area contributed by atoms with E-state index in [4.69, 9.17) is 5.73 Å². The molecule has 3 unspecified atom stereocenters. The van der Waals surface area contributed by atoms with Crippen molar-refractivity contribution < 1.29 is 0 Å². The van der Waals surface area contributed by atoms with E-state index in [1.807, 2.05) is 0 Å². The Morgan fingerprint density at radius 1 is 1.07 bits per heavy atom. The Kier molecular flexibility index (Phi) is 2.63. The molecule has 0 aliphatic heterocycles. The van der Waals surface area contributed by atoms with Crippen molar-refractivity contribution in [2.45, 2.75) is 58.9 Å². The van der Waals surface area contributed by atoms with Crippen LogP contribution in [0.5, 0.6) is 0 Å². The molecule has 0 radical (unpaired) electrons. The summed E-state index contributed by atoms with van der Waals surface area (Å²) in [5, 5.41) is 0. The summed E-state index contributed by atoms with van der Waals surface area (Å²) in [6, 6.07) is 0.479. The zero-order valence-corrected chi connectivity index (χ0v) is 9.92. The van der Waals surface area contributed by atoms with Gasteiger partial charge in [-0.1, -0.05) is 20.8 Å². The smallest absolute Gasteiger partial charge is 0.0122 e. The molecule has 0 amide bonds. The van der Waals surface area contributed by atoms with Crippen molar-refractivity contribution in [1.82, 2.24) is 0 Å². The molecule has 3 atom stereocenters. The van der Waals surface area contributed by atoms with E-state index in [-0.39, 0.29) is 0 Å². The lowest BCUT2D eigenvalue weighted by molar-refractivity contribution is 0.162. The quantitative estimate of drug-likeness (QED) is 0.719. The van der Waals surface area contributed by atoms with Crippen LogP contribution < -0.4 is 5.73 Å². The summed E-state index contributed by atoms with van der Waals surface area (Å²) in [5.74, 6) is 2.61. The second kappa shape index (κ2) is 3.52. The van der Waals surface area contributed by atoms with Crippen LogP contribution in [-0.2, 0) is 0 Å². The van der Waals surface area contributed by atoms with E-state index in [1.165, 1.54) is 32.1 Å². The highest BCUT2D eigenvalue weighted by atomic mass is 14.8. The lowest BCUT2D eigenvalue weighted by Crippen LogP contribution is -2.41. The fraction of sp³-hybridized carbons (Fsp3) is 1.00. The predicted octanol–water partition coefficient (Wildman–Crippen LogP) is 3.19. The molecule has 82 valence electrons.